The zero-order valence-electron chi connectivity index (χ0n) is 12.9. The summed E-state index contributed by atoms with van der Waals surface area (Å²) in [6.07, 6.45) is 0. The second-order valence-corrected chi connectivity index (χ2v) is 7.92. The SMILES string of the molecule is COC(CBr)(OC)c1ccc(S(=O)(=O)NC(C)(C)C)cc1. The molecule has 0 aromatic heterocycles. The molecule has 0 aliphatic rings. The molecule has 0 saturated carbocycles. The van der Waals surface area contributed by atoms with Crippen molar-refractivity contribution in [1.29, 1.82) is 0 Å². The molecule has 7 heteroatoms. The van der Waals surface area contributed by atoms with E-state index in [2.05, 4.69) is 20.7 Å². The van der Waals surface area contributed by atoms with Gasteiger partial charge in [-0.2, -0.15) is 0 Å². The normalized spacial score (nSPS) is 13.4. The van der Waals surface area contributed by atoms with Gasteiger partial charge in [-0.25, -0.2) is 13.1 Å². The van der Waals surface area contributed by atoms with E-state index in [0.717, 1.165) is 5.56 Å². The molecule has 0 heterocycles. The summed E-state index contributed by atoms with van der Waals surface area (Å²) in [5, 5.41) is 0.430. The molecule has 120 valence electrons. The number of benzene rings is 1. The Morgan fingerprint density at radius 3 is 1.90 bits per heavy atom. The van der Waals surface area contributed by atoms with Crippen molar-refractivity contribution in [2.45, 2.75) is 37.0 Å². The van der Waals surface area contributed by atoms with Gasteiger partial charge in [-0.05, 0) is 32.9 Å². The lowest BCUT2D eigenvalue weighted by atomic mass is 10.1. The predicted molar refractivity (Wildman–Crippen MR) is 86.0 cm³/mol. The summed E-state index contributed by atoms with van der Waals surface area (Å²) in [6, 6.07) is 6.45. The van der Waals surface area contributed by atoms with E-state index < -0.39 is 21.3 Å². The summed E-state index contributed by atoms with van der Waals surface area (Å²) in [5.41, 5.74) is 0.204. The van der Waals surface area contributed by atoms with Gasteiger partial charge in [0.1, 0.15) is 0 Å². The molecule has 5 nitrogen and oxygen atoms in total. The summed E-state index contributed by atoms with van der Waals surface area (Å²) in [4.78, 5) is 0.205. The maximum atomic E-state index is 12.2. The second kappa shape index (κ2) is 6.75. The van der Waals surface area contributed by atoms with Crippen molar-refractivity contribution in [3.63, 3.8) is 0 Å². The first-order chi connectivity index (χ1) is 9.60. The Kier molecular flexibility index (Phi) is 5.97. The largest absolute Gasteiger partial charge is 0.349 e. The molecule has 0 saturated heterocycles. The minimum absolute atomic E-state index is 0.205. The Morgan fingerprint density at radius 1 is 1.10 bits per heavy atom. The number of halogens is 1. The number of rotatable bonds is 6. The fourth-order valence-electron chi connectivity index (χ4n) is 1.86. The van der Waals surface area contributed by atoms with Crippen LogP contribution in [0.5, 0.6) is 0 Å². The molecular formula is C14H22BrNO4S. The molecule has 1 aromatic carbocycles. The van der Waals surface area contributed by atoms with Gasteiger partial charge in [0.15, 0.2) is 0 Å². The Morgan fingerprint density at radius 2 is 1.57 bits per heavy atom. The third kappa shape index (κ3) is 4.50. The molecule has 0 atom stereocenters. The average Bonchev–Trinajstić information content (AvgIpc) is 2.39. The number of hydrogen-bond acceptors (Lipinski definition) is 4. The number of nitrogens with one attached hydrogen (secondary N) is 1. The lowest BCUT2D eigenvalue weighted by Crippen LogP contribution is -2.40. The van der Waals surface area contributed by atoms with E-state index in [9.17, 15) is 8.42 Å². The molecule has 0 spiro atoms. The second-order valence-electron chi connectivity index (χ2n) is 5.67. The zero-order chi connectivity index (χ0) is 16.3. The quantitative estimate of drug-likeness (QED) is 0.609. The molecule has 1 aromatic rings. The summed E-state index contributed by atoms with van der Waals surface area (Å²) >= 11 is 3.35. The highest BCUT2D eigenvalue weighted by molar-refractivity contribution is 9.09. The van der Waals surface area contributed by atoms with Crippen LogP contribution in [-0.4, -0.2) is 33.5 Å². The van der Waals surface area contributed by atoms with Gasteiger partial charge in [0.25, 0.3) is 0 Å². The van der Waals surface area contributed by atoms with Crippen LogP contribution in [-0.2, 0) is 25.3 Å². The summed E-state index contributed by atoms with van der Waals surface area (Å²) in [7, 11) is -0.467. The van der Waals surface area contributed by atoms with Gasteiger partial charge in [0, 0.05) is 25.3 Å². The standard InChI is InChI=1S/C14H22BrNO4S/c1-13(2,3)16-21(17,18)12-8-6-11(7-9-12)14(10-15,19-4)20-5/h6-9,16H,10H2,1-5H3. The Balaban J connectivity index is 3.13. The van der Waals surface area contributed by atoms with Crippen molar-refractivity contribution < 1.29 is 17.9 Å². The first kappa shape index (κ1) is 18.6. The fourth-order valence-corrected chi connectivity index (χ4v) is 4.06. The van der Waals surface area contributed by atoms with Crippen LogP contribution < -0.4 is 4.72 Å². The van der Waals surface area contributed by atoms with E-state index >= 15 is 0 Å². The maximum absolute atomic E-state index is 12.2. The average molecular weight is 380 g/mol. The highest BCUT2D eigenvalue weighted by Gasteiger charge is 2.31. The van der Waals surface area contributed by atoms with Gasteiger partial charge in [-0.1, -0.05) is 28.1 Å². The van der Waals surface area contributed by atoms with Gasteiger partial charge in [0.2, 0.25) is 15.8 Å². The number of methoxy groups -OCH3 is 2. The van der Waals surface area contributed by atoms with E-state index in [0.29, 0.717) is 5.33 Å². The first-order valence-corrected chi connectivity index (χ1v) is 9.01. The third-order valence-corrected chi connectivity index (χ3v) is 5.39. The van der Waals surface area contributed by atoms with Gasteiger partial charge in [-0.15, -0.1) is 0 Å². The van der Waals surface area contributed by atoms with Gasteiger partial charge < -0.3 is 9.47 Å². The van der Waals surface area contributed by atoms with Crippen molar-refractivity contribution in [1.82, 2.24) is 4.72 Å². The Labute approximate surface area is 135 Å². The Bertz CT molecular complexity index is 551. The molecule has 0 unspecified atom stereocenters. The summed E-state index contributed by atoms with van der Waals surface area (Å²) in [6.45, 7) is 5.39. The number of sulfonamides is 1. The van der Waals surface area contributed by atoms with Crippen LogP contribution in [0, 0.1) is 0 Å². The lowest BCUT2D eigenvalue weighted by molar-refractivity contribution is -0.197. The molecule has 0 bridgehead atoms. The lowest BCUT2D eigenvalue weighted by Gasteiger charge is -2.29. The maximum Gasteiger partial charge on any atom is 0.241 e. The minimum Gasteiger partial charge on any atom is -0.349 e. The van der Waals surface area contributed by atoms with Gasteiger partial charge in [-0.3, -0.25) is 0 Å². The monoisotopic (exact) mass is 379 g/mol. The highest BCUT2D eigenvalue weighted by atomic mass is 79.9. The van der Waals surface area contributed by atoms with Crippen molar-refractivity contribution in [3.05, 3.63) is 29.8 Å². The molecule has 21 heavy (non-hydrogen) atoms. The van der Waals surface area contributed by atoms with Crippen molar-refractivity contribution in [3.8, 4) is 0 Å². The summed E-state index contributed by atoms with van der Waals surface area (Å²) in [5.74, 6) is -0.931. The van der Waals surface area contributed by atoms with E-state index in [4.69, 9.17) is 9.47 Å². The van der Waals surface area contributed by atoms with Crippen molar-refractivity contribution >= 4 is 26.0 Å². The van der Waals surface area contributed by atoms with Crippen LogP contribution in [0.25, 0.3) is 0 Å². The molecule has 0 aliphatic carbocycles. The smallest absolute Gasteiger partial charge is 0.241 e. The first-order valence-electron chi connectivity index (χ1n) is 6.41. The van der Waals surface area contributed by atoms with Crippen molar-refractivity contribution in [2.24, 2.45) is 0 Å². The van der Waals surface area contributed by atoms with E-state index in [-0.39, 0.29) is 4.90 Å². The van der Waals surface area contributed by atoms with Crippen LogP contribution >= 0.6 is 15.9 Å². The molecule has 0 fully saturated rings. The van der Waals surface area contributed by atoms with Gasteiger partial charge in [0.05, 0.1) is 10.2 Å². The third-order valence-electron chi connectivity index (χ3n) is 2.88. The molecular weight excluding hydrogens is 358 g/mol. The fraction of sp³-hybridized carbons (Fsp3) is 0.571. The zero-order valence-corrected chi connectivity index (χ0v) is 15.3. The van der Waals surface area contributed by atoms with Crippen LogP contribution in [0.2, 0.25) is 0 Å². The van der Waals surface area contributed by atoms with E-state index in [1.807, 2.05) is 0 Å². The molecule has 0 amide bonds. The molecule has 1 N–H and O–H groups in total. The predicted octanol–water partition coefficient (Wildman–Crippen LogP) is 2.60. The topological polar surface area (TPSA) is 64.6 Å². The van der Waals surface area contributed by atoms with Crippen LogP contribution in [0.4, 0.5) is 0 Å². The van der Waals surface area contributed by atoms with Crippen LogP contribution in [0.15, 0.2) is 29.2 Å². The molecule has 0 radical (unpaired) electrons. The van der Waals surface area contributed by atoms with E-state index in [1.165, 1.54) is 14.2 Å². The van der Waals surface area contributed by atoms with Crippen molar-refractivity contribution in [2.75, 3.05) is 19.5 Å². The molecule has 1 rings (SSSR count). The Hall–Kier alpha value is -0.470. The number of ether oxygens (including phenoxy) is 2. The number of hydrogen-bond donors (Lipinski definition) is 1. The summed E-state index contributed by atoms with van der Waals surface area (Å²) < 4.78 is 37.9. The van der Waals surface area contributed by atoms with E-state index in [1.54, 1.807) is 45.0 Å². The minimum atomic E-state index is -3.54. The van der Waals surface area contributed by atoms with Crippen LogP contribution in [0.3, 0.4) is 0 Å². The molecule has 0 aliphatic heterocycles. The van der Waals surface area contributed by atoms with Crippen LogP contribution in [0.1, 0.15) is 26.3 Å². The van der Waals surface area contributed by atoms with Gasteiger partial charge >= 0.3 is 0 Å². The number of alkyl halides is 1. The highest BCUT2D eigenvalue weighted by Crippen LogP contribution is 2.29.